The van der Waals surface area contributed by atoms with E-state index in [1.807, 2.05) is 30.3 Å². The molecule has 0 spiro atoms. The van der Waals surface area contributed by atoms with E-state index in [0.29, 0.717) is 34.7 Å². The highest BCUT2D eigenvalue weighted by atomic mass is 35.5. The molecule has 1 saturated carbocycles. The lowest BCUT2D eigenvalue weighted by molar-refractivity contribution is 0.130. The second-order valence-electron chi connectivity index (χ2n) is 8.43. The number of amides is 1. The van der Waals surface area contributed by atoms with Gasteiger partial charge in [0.1, 0.15) is 18.4 Å². The second-order valence-corrected chi connectivity index (χ2v) is 9.21. The Hall–Kier alpha value is -2.62. The van der Waals surface area contributed by atoms with Crippen LogP contribution in [0.2, 0.25) is 5.02 Å². The van der Waals surface area contributed by atoms with Gasteiger partial charge in [0.25, 0.3) is 0 Å². The number of hydrogen-bond acceptors (Lipinski definition) is 4. The first-order valence-corrected chi connectivity index (χ1v) is 11.3. The Morgan fingerprint density at radius 1 is 1.22 bits per heavy atom. The SMILES string of the molecule is CC(C)(c1ccc(OC[C@H]2C[C@H](NC(=O)O)C2)cc1)c1cc(Cl)c(OCCCl)c(C#N)c1. The summed E-state index contributed by atoms with van der Waals surface area (Å²) in [5, 5.41) is 21.2. The second kappa shape index (κ2) is 10.3. The van der Waals surface area contributed by atoms with Crippen LogP contribution < -0.4 is 14.8 Å². The molecule has 170 valence electrons. The third-order valence-electron chi connectivity index (χ3n) is 5.83. The summed E-state index contributed by atoms with van der Waals surface area (Å²) in [7, 11) is 0. The van der Waals surface area contributed by atoms with Crippen LogP contribution in [0.5, 0.6) is 11.5 Å². The number of halogens is 2. The molecule has 1 amide bonds. The van der Waals surface area contributed by atoms with Crippen molar-refractivity contribution in [1.29, 1.82) is 5.26 Å². The van der Waals surface area contributed by atoms with Crippen LogP contribution in [0.25, 0.3) is 0 Å². The van der Waals surface area contributed by atoms with Gasteiger partial charge < -0.3 is 19.9 Å². The van der Waals surface area contributed by atoms with Gasteiger partial charge in [0.15, 0.2) is 5.75 Å². The topological polar surface area (TPSA) is 91.6 Å². The zero-order chi connectivity index (χ0) is 23.3. The molecule has 1 aliphatic carbocycles. The van der Waals surface area contributed by atoms with Crippen molar-refractivity contribution in [2.75, 3.05) is 19.1 Å². The summed E-state index contributed by atoms with van der Waals surface area (Å²) in [6, 6.07) is 13.7. The summed E-state index contributed by atoms with van der Waals surface area (Å²) in [5.41, 5.74) is 1.93. The fraction of sp³-hybridized carbons (Fsp3) is 0.417. The quantitative estimate of drug-likeness (QED) is 0.460. The van der Waals surface area contributed by atoms with E-state index in [4.69, 9.17) is 37.8 Å². The van der Waals surface area contributed by atoms with Crippen molar-refractivity contribution in [1.82, 2.24) is 5.32 Å². The van der Waals surface area contributed by atoms with Gasteiger partial charge >= 0.3 is 6.09 Å². The highest BCUT2D eigenvalue weighted by Crippen LogP contribution is 2.38. The normalized spacial score (nSPS) is 17.7. The zero-order valence-electron chi connectivity index (χ0n) is 18.0. The number of carboxylic acid groups (broad SMARTS) is 1. The Morgan fingerprint density at radius 3 is 2.50 bits per heavy atom. The third-order valence-corrected chi connectivity index (χ3v) is 6.27. The summed E-state index contributed by atoms with van der Waals surface area (Å²) in [6.45, 7) is 4.97. The molecule has 0 saturated heterocycles. The number of benzene rings is 2. The molecule has 0 aromatic heterocycles. The van der Waals surface area contributed by atoms with E-state index in [1.54, 1.807) is 6.07 Å². The van der Waals surface area contributed by atoms with Crippen molar-refractivity contribution in [3.05, 3.63) is 58.1 Å². The monoisotopic (exact) mass is 476 g/mol. The molecule has 0 aliphatic heterocycles. The highest BCUT2D eigenvalue weighted by molar-refractivity contribution is 6.32. The van der Waals surface area contributed by atoms with E-state index in [9.17, 15) is 10.1 Å². The van der Waals surface area contributed by atoms with Gasteiger partial charge in [-0.15, -0.1) is 11.6 Å². The average molecular weight is 477 g/mol. The Labute approximate surface area is 198 Å². The van der Waals surface area contributed by atoms with E-state index < -0.39 is 11.5 Å². The van der Waals surface area contributed by atoms with Gasteiger partial charge in [0.05, 0.1) is 23.1 Å². The Balaban J connectivity index is 1.67. The van der Waals surface area contributed by atoms with Crippen molar-refractivity contribution in [3.8, 4) is 17.6 Å². The van der Waals surface area contributed by atoms with E-state index in [2.05, 4.69) is 25.2 Å². The van der Waals surface area contributed by atoms with Crippen molar-refractivity contribution in [2.24, 2.45) is 5.92 Å². The van der Waals surface area contributed by atoms with Crippen LogP contribution in [0, 0.1) is 17.2 Å². The molecule has 8 heteroatoms. The standard InChI is InChI=1S/C24H26Cl2N2O4/c1-24(2,18-11-16(13-27)22(21(26)12-18)31-8-7-25)17-3-5-20(6-4-17)32-14-15-9-19(10-15)28-23(29)30/h3-6,11-12,15,19,28H,7-10,14H2,1-2H3,(H,29,30)/t15-,19-. The molecular weight excluding hydrogens is 451 g/mol. The fourth-order valence-corrected chi connectivity index (χ4v) is 4.19. The lowest BCUT2D eigenvalue weighted by atomic mass is 9.77. The van der Waals surface area contributed by atoms with Gasteiger partial charge in [-0.05, 0) is 54.2 Å². The van der Waals surface area contributed by atoms with E-state index in [-0.39, 0.29) is 12.6 Å². The molecule has 6 nitrogen and oxygen atoms in total. The Bertz CT molecular complexity index is 996. The molecule has 1 fully saturated rings. The predicted molar refractivity (Wildman–Crippen MR) is 124 cm³/mol. The number of nitrogens with zero attached hydrogens (tertiary/aromatic N) is 1. The van der Waals surface area contributed by atoms with Gasteiger partial charge in [-0.1, -0.05) is 37.6 Å². The summed E-state index contributed by atoms with van der Waals surface area (Å²) >= 11 is 12.1. The van der Waals surface area contributed by atoms with Crippen molar-refractivity contribution < 1.29 is 19.4 Å². The Kier molecular flexibility index (Phi) is 7.76. The van der Waals surface area contributed by atoms with Crippen LogP contribution >= 0.6 is 23.2 Å². The van der Waals surface area contributed by atoms with Crippen LogP contribution in [0.4, 0.5) is 4.79 Å². The van der Waals surface area contributed by atoms with Gasteiger partial charge in [0, 0.05) is 11.5 Å². The average Bonchev–Trinajstić information content (AvgIpc) is 2.73. The van der Waals surface area contributed by atoms with Crippen molar-refractivity contribution >= 4 is 29.3 Å². The molecule has 2 aromatic carbocycles. The number of carbonyl (C=O) groups is 1. The van der Waals surface area contributed by atoms with Crippen molar-refractivity contribution in [3.63, 3.8) is 0 Å². The van der Waals surface area contributed by atoms with Crippen LogP contribution in [0.15, 0.2) is 36.4 Å². The molecule has 0 unspecified atom stereocenters. The van der Waals surface area contributed by atoms with Crippen molar-refractivity contribution in [2.45, 2.75) is 38.1 Å². The summed E-state index contributed by atoms with van der Waals surface area (Å²) in [4.78, 5) is 10.6. The maximum atomic E-state index is 10.6. The van der Waals surface area contributed by atoms with Crippen LogP contribution in [-0.4, -0.2) is 36.3 Å². The molecule has 32 heavy (non-hydrogen) atoms. The first-order chi connectivity index (χ1) is 15.2. The molecule has 0 radical (unpaired) electrons. The van der Waals surface area contributed by atoms with Crippen LogP contribution in [0.3, 0.4) is 0 Å². The first kappa shape index (κ1) is 24.0. The fourth-order valence-electron chi connectivity index (χ4n) is 3.84. The molecule has 2 aromatic rings. The zero-order valence-corrected chi connectivity index (χ0v) is 19.5. The van der Waals surface area contributed by atoms with E-state index in [1.165, 1.54) is 0 Å². The van der Waals surface area contributed by atoms with Gasteiger partial charge in [-0.2, -0.15) is 5.26 Å². The lowest BCUT2D eigenvalue weighted by Gasteiger charge is -2.34. The van der Waals surface area contributed by atoms with E-state index in [0.717, 1.165) is 29.7 Å². The highest BCUT2D eigenvalue weighted by Gasteiger charge is 2.31. The number of ether oxygens (including phenoxy) is 2. The first-order valence-electron chi connectivity index (χ1n) is 10.4. The van der Waals surface area contributed by atoms with Gasteiger partial charge in [-0.25, -0.2) is 4.79 Å². The molecule has 2 N–H and O–H groups in total. The summed E-state index contributed by atoms with van der Waals surface area (Å²) < 4.78 is 11.4. The third kappa shape index (κ3) is 5.59. The summed E-state index contributed by atoms with van der Waals surface area (Å²) in [5.74, 6) is 1.78. The number of hydrogen-bond donors (Lipinski definition) is 2. The maximum absolute atomic E-state index is 10.6. The minimum atomic E-state index is -0.979. The van der Waals surface area contributed by atoms with E-state index >= 15 is 0 Å². The molecule has 0 heterocycles. The number of rotatable bonds is 9. The number of alkyl halides is 1. The number of nitriles is 1. The minimum Gasteiger partial charge on any atom is -0.493 e. The smallest absolute Gasteiger partial charge is 0.404 e. The molecule has 0 atom stereocenters. The predicted octanol–water partition coefficient (Wildman–Crippen LogP) is 5.58. The molecule has 1 aliphatic rings. The lowest BCUT2D eigenvalue weighted by Crippen LogP contribution is -2.45. The molecule has 0 bridgehead atoms. The summed E-state index contributed by atoms with van der Waals surface area (Å²) in [6.07, 6.45) is 0.613. The van der Waals surface area contributed by atoms with Crippen LogP contribution in [-0.2, 0) is 5.41 Å². The Morgan fingerprint density at radius 2 is 1.91 bits per heavy atom. The maximum Gasteiger partial charge on any atom is 0.404 e. The number of nitrogens with one attached hydrogen (secondary N) is 1. The molecular formula is C24H26Cl2N2O4. The van der Waals surface area contributed by atoms with Crippen LogP contribution in [0.1, 0.15) is 43.4 Å². The van der Waals surface area contributed by atoms with Gasteiger partial charge in [-0.3, -0.25) is 0 Å². The largest absolute Gasteiger partial charge is 0.493 e. The minimum absolute atomic E-state index is 0.0288. The van der Waals surface area contributed by atoms with Gasteiger partial charge in [0.2, 0.25) is 0 Å². The molecule has 3 rings (SSSR count).